The lowest BCUT2D eigenvalue weighted by atomic mass is 9.78. The van der Waals surface area contributed by atoms with Gasteiger partial charge in [0.2, 0.25) is 0 Å². The van der Waals surface area contributed by atoms with E-state index < -0.39 is 0 Å². The average molecular weight is 244 g/mol. The summed E-state index contributed by atoms with van der Waals surface area (Å²) in [6.07, 6.45) is 2.11. The fourth-order valence-electron chi connectivity index (χ4n) is 1.91. The van der Waals surface area contributed by atoms with Gasteiger partial charge in [-0.2, -0.15) is 0 Å². The van der Waals surface area contributed by atoms with E-state index in [0.29, 0.717) is 0 Å². The Morgan fingerprint density at radius 2 is 1.50 bits per heavy atom. The first kappa shape index (κ1) is 13.4. The maximum absolute atomic E-state index is 6.01. The van der Waals surface area contributed by atoms with Crippen LogP contribution >= 0.6 is 0 Å². The van der Waals surface area contributed by atoms with Crippen LogP contribution < -0.4 is 0 Å². The van der Waals surface area contributed by atoms with Crippen molar-refractivity contribution in [3.05, 3.63) is 41.4 Å². The predicted molar refractivity (Wildman–Crippen MR) is 76.2 cm³/mol. The topological polar surface area (TPSA) is 18.5 Å². The molecule has 18 heavy (non-hydrogen) atoms. The second kappa shape index (κ2) is 4.56. The molecular weight excluding hydrogens is 223 g/mol. The maximum Gasteiger partial charge on any atom is 0.490 e. The summed E-state index contributed by atoms with van der Waals surface area (Å²) in [4.78, 5) is 0. The smallest absolute Gasteiger partial charge is 0.400 e. The van der Waals surface area contributed by atoms with Gasteiger partial charge in [0.1, 0.15) is 0 Å². The van der Waals surface area contributed by atoms with Gasteiger partial charge >= 0.3 is 7.12 Å². The minimum Gasteiger partial charge on any atom is -0.400 e. The summed E-state index contributed by atoms with van der Waals surface area (Å²) < 4.78 is 12.0. The molecule has 1 aromatic rings. The van der Waals surface area contributed by atoms with E-state index in [2.05, 4.69) is 52.8 Å². The monoisotopic (exact) mass is 244 g/mol. The molecule has 0 amide bonds. The summed E-state index contributed by atoms with van der Waals surface area (Å²) >= 11 is 0. The van der Waals surface area contributed by atoms with Crippen molar-refractivity contribution < 1.29 is 9.31 Å². The molecule has 1 heterocycles. The third-order valence-corrected chi connectivity index (χ3v) is 3.82. The molecule has 0 aliphatic carbocycles. The van der Waals surface area contributed by atoms with E-state index in [1.54, 1.807) is 0 Å². The molecule has 1 saturated heterocycles. The molecule has 0 atom stereocenters. The second-order valence-corrected chi connectivity index (χ2v) is 5.89. The van der Waals surface area contributed by atoms with Crippen LogP contribution in [0.1, 0.15) is 40.2 Å². The van der Waals surface area contributed by atoms with Crippen LogP contribution in [-0.4, -0.2) is 18.3 Å². The van der Waals surface area contributed by atoms with Gasteiger partial charge in [0, 0.05) is 0 Å². The fourth-order valence-corrected chi connectivity index (χ4v) is 1.91. The Morgan fingerprint density at radius 3 is 2.00 bits per heavy atom. The van der Waals surface area contributed by atoms with Crippen LogP contribution in [0.15, 0.2) is 35.8 Å². The van der Waals surface area contributed by atoms with Gasteiger partial charge in [-0.15, -0.1) is 0 Å². The molecule has 0 N–H and O–H groups in total. The van der Waals surface area contributed by atoms with Crippen molar-refractivity contribution in [2.24, 2.45) is 0 Å². The van der Waals surface area contributed by atoms with Crippen LogP contribution in [0, 0.1) is 0 Å². The predicted octanol–water partition coefficient (Wildman–Crippen LogP) is 3.72. The first-order chi connectivity index (χ1) is 8.32. The molecule has 0 spiro atoms. The zero-order chi connectivity index (χ0) is 13.4. The van der Waals surface area contributed by atoms with Crippen molar-refractivity contribution in [3.63, 3.8) is 0 Å². The van der Waals surface area contributed by atoms with E-state index in [9.17, 15) is 0 Å². The number of hydrogen-bond acceptors (Lipinski definition) is 2. The number of rotatable bonds is 2. The van der Waals surface area contributed by atoms with Gasteiger partial charge in [0.05, 0.1) is 11.2 Å². The van der Waals surface area contributed by atoms with Crippen molar-refractivity contribution in [1.82, 2.24) is 0 Å². The average Bonchev–Trinajstić information content (AvgIpc) is 2.50. The van der Waals surface area contributed by atoms with Gasteiger partial charge in [-0.3, -0.25) is 0 Å². The third kappa shape index (κ3) is 2.52. The SMILES string of the molecule is C/C(=C\c1ccccc1)B1OC(C)(C)C(C)(C)O1. The Kier molecular flexibility index (Phi) is 3.39. The van der Waals surface area contributed by atoms with Gasteiger partial charge in [-0.05, 0) is 45.7 Å². The van der Waals surface area contributed by atoms with Crippen LogP contribution in [0.5, 0.6) is 0 Å². The van der Waals surface area contributed by atoms with Crippen molar-refractivity contribution in [2.75, 3.05) is 0 Å². The van der Waals surface area contributed by atoms with E-state index in [4.69, 9.17) is 9.31 Å². The van der Waals surface area contributed by atoms with Crippen molar-refractivity contribution in [1.29, 1.82) is 0 Å². The largest absolute Gasteiger partial charge is 0.490 e. The van der Waals surface area contributed by atoms with E-state index in [1.807, 2.05) is 18.2 Å². The summed E-state index contributed by atoms with van der Waals surface area (Å²) in [5.74, 6) is 0. The van der Waals surface area contributed by atoms with Crippen LogP contribution in [0.25, 0.3) is 6.08 Å². The summed E-state index contributed by atoms with van der Waals surface area (Å²) in [6, 6.07) is 10.2. The van der Waals surface area contributed by atoms with Gasteiger partial charge in [-0.25, -0.2) is 0 Å². The van der Waals surface area contributed by atoms with Crippen LogP contribution in [-0.2, 0) is 9.31 Å². The minimum atomic E-state index is -0.274. The number of hydrogen-bond donors (Lipinski definition) is 0. The number of allylic oxidation sites excluding steroid dienone is 1. The Hall–Kier alpha value is -1.06. The van der Waals surface area contributed by atoms with Crippen molar-refractivity contribution >= 4 is 13.2 Å². The molecule has 3 heteroatoms. The number of benzene rings is 1. The molecule has 96 valence electrons. The molecule has 1 aromatic carbocycles. The second-order valence-electron chi connectivity index (χ2n) is 5.89. The van der Waals surface area contributed by atoms with E-state index in [0.717, 1.165) is 5.47 Å². The standard InChI is InChI=1S/C15H21BO2/c1-12(11-13-9-7-6-8-10-13)16-17-14(2,3)15(4,5)18-16/h6-11H,1-5H3/b12-11+. The maximum atomic E-state index is 6.01. The van der Waals surface area contributed by atoms with Crippen LogP contribution in [0.2, 0.25) is 0 Å². The molecule has 0 radical (unpaired) electrons. The molecule has 1 fully saturated rings. The third-order valence-electron chi connectivity index (χ3n) is 3.82. The summed E-state index contributed by atoms with van der Waals surface area (Å²) in [5.41, 5.74) is 1.72. The van der Waals surface area contributed by atoms with Gasteiger partial charge < -0.3 is 9.31 Å². The summed E-state index contributed by atoms with van der Waals surface area (Å²) in [6.45, 7) is 10.3. The van der Waals surface area contributed by atoms with Crippen LogP contribution in [0.3, 0.4) is 0 Å². The van der Waals surface area contributed by atoms with E-state index in [1.165, 1.54) is 5.56 Å². The van der Waals surface area contributed by atoms with Crippen LogP contribution in [0.4, 0.5) is 0 Å². The Labute approximate surface area is 110 Å². The first-order valence-electron chi connectivity index (χ1n) is 6.41. The Morgan fingerprint density at radius 1 is 1.00 bits per heavy atom. The highest BCUT2D eigenvalue weighted by molar-refractivity contribution is 6.55. The summed E-state index contributed by atoms with van der Waals surface area (Å²) in [5, 5.41) is 0. The Balaban J connectivity index is 2.18. The zero-order valence-corrected chi connectivity index (χ0v) is 11.9. The molecule has 2 nitrogen and oxygen atoms in total. The molecule has 0 saturated carbocycles. The lowest BCUT2D eigenvalue weighted by Crippen LogP contribution is -2.41. The van der Waals surface area contributed by atoms with Gasteiger partial charge in [0.15, 0.2) is 0 Å². The molecule has 0 bridgehead atoms. The highest BCUT2D eigenvalue weighted by Crippen LogP contribution is 2.38. The van der Waals surface area contributed by atoms with E-state index >= 15 is 0 Å². The first-order valence-corrected chi connectivity index (χ1v) is 6.41. The zero-order valence-electron chi connectivity index (χ0n) is 11.9. The molecule has 0 aromatic heterocycles. The molecular formula is C15H21BO2. The summed E-state index contributed by atoms with van der Waals surface area (Å²) in [7, 11) is -0.254. The molecule has 1 aliphatic heterocycles. The highest BCUT2D eigenvalue weighted by Gasteiger charge is 2.51. The van der Waals surface area contributed by atoms with E-state index in [-0.39, 0.29) is 18.3 Å². The van der Waals surface area contributed by atoms with Gasteiger partial charge in [-0.1, -0.05) is 36.4 Å². The lowest BCUT2D eigenvalue weighted by Gasteiger charge is -2.32. The van der Waals surface area contributed by atoms with Gasteiger partial charge in [0.25, 0.3) is 0 Å². The van der Waals surface area contributed by atoms with Crippen molar-refractivity contribution in [2.45, 2.75) is 45.8 Å². The fraction of sp³-hybridized carbons (Fsp3) is 0.467. The molecule has 2 rings (SSSR count). The lowest BCUT2D eigenvalue weighted by molar-refractivity contribution is 0.00578. The minimum absolute atomic E-state index is 0.254. The highest BCUT2D eigenvalue weighted by atomic mass is 16.7. The quantitative estimate of drug-likeness (QED) is 0.738. The molecule has 1 aliphatic rings. The molecule has 0 unspecified atom stereocenters. The van der Waals surface area contributed by atoms with Crippen molar-refractivity contribution in [3.8, 4) is 0 Å². The normalized spacial score (nSPS) is 22.3. The Bertz CT molecular complexity index is 433.